The average molecular weight is 524 g/mol. The van der Waals surface area contributed by atoms with Crippen LogP contribution in [0, 0.1) is 0 Å². The van der Waals surface area contributed by atoms with E-state index < -0.39 is 5.91 Å². The molecule has 38 heavy (non-hydrogen) atoms. The second-order valence-electron chi connectivity index (χ2n) is 9.93. The van der Waals surface area contributed by atoms with Crippen molar-refractivity contribution in [3.8, 4) is 0 Å². The smallest absolute Gasteiger partial charge is 0.294 e. The van der Waals surface area contributed by atoms with Crippen LogP contribution in [0.1, 0.15) is 36.8 Å². The largest absolute Gasteiger partial charge is 0.342 e. The highest BCUT2D eigenvalue weighted by Crippen LogP contribution is 2.34. The van der Waals surface area contributed by atoms with E-state index in [1.807, 2.05) is 30.5 Å². The molecule has 1 aromatic heterocycles. The minimum absolute atomic E-state index is 0.151. The molecular weight excluding hydrogens is 494 g/mol. The summed E-state index contributed by atoms with van der Waals surface area (Å²) in [6.07, 6.45) is 8.00. The second-order valence-corrected chi connectivity index (χ2v) is 10.9. The van der Waals surface area contributed by atoms with Gasteiger partial charge in [0.1, 0.15) is 6.54 Å². The van der Waals surface area contributed by atoms with E-state index in [1.54, 1.807) is 11.0 Å². The number of hydrogen-bond donors (Lipinski definition) is 0. The third-order valence-electron chi connectivity index (χ3n) is 7.45. The molecular formula is C31H29N3O3S. The summed E-state index contributed by atoms with van der Waals surface area (Å²) in [6.45, 7) is 1.88. The molecule has 0 spiro atoms. The van der Waals surface area contributed by atoms with Crippen molar-refractivity contribution in [1.82, 2.24) is 14.4 Å². The lowest BCUT2D eigenvalue weighted by Gasteiger charge is -2.22. The van der Waals surface area contributed by atoms with Gasteiger partial charge in [0.2, 0.25) is 5.91 Å². The first-order valence-corrected chi connectivity index (χ1v) is 14.0. The topological polar surface area (TPSA) is 62.6 Å². The number of para-hydroxylation sites is 1. The Morgan fingerprint density at radius 2 is 1.55 bits per heavy atom. The Balaban J connectivity index is 1.28. The minimum atomic E-state index is -0.394. The number of benzene rings is 3. The van der Waals surface area contributed by atoms with Crippen molar-refractivity contribution in [2.45, 2.75) is 32.2 Å². The molecule has 7 heteroatoms. The Morgan fingerprint density at radius 1 is 0.842 bits per heavy atom. The lowest BCUT2D eigenvalue weighted by atomic mass is 10.0. The lowest BCUT2D eigenvalue weighted by Crippen LogP contribution is -2.42. The van der Waals surface area contributed by atoms with Crippen LogP contribution in [-0.2, 0) is 16.1 Å². The molecule has 3 amide bonds. The second kappa shape index (κ2) is 10.5. The van der Waals surface area contributed by atoms with Gasteiger partial charge in [-0.15, -0.1) is 0 Å². The van der Waals surface area contributed by atoms with E-state index in [4.69, 9.17) is 0 Å². The van der Waals surface area contributed by atoms with E-state index in [1.165, 1.54) is 16.3 Å². The Labute approximate surface area is 225 Å². The van der Waals surface area contributed by atoms with Crippen molar-refractivity contribution in [1.29, 1.82) is 0 Å². The van der Waals surface area contributed by atoms with Crippen LogP contribution in [0.2, 0.25) is 0 Å². The molecule has 2 aliphatic rings. The summed E-state index contributed by atoms with van der Waals surface area (Å²) < 4.78 is 2.19. The van der Waals surface area contributed by atoms with Gasteiger partial charge in [-0.2, -0.15) is 0 Å². The molecule has 0 radical (unpaired) electrons. The van der Waals surface area contributed by atoms with Gasteiger partial charge >= 0.3 is 0 Å². The summed E-state index contributed by atoms with van der Waals surface area (Å²) in [5.41, 5.74) is 3.15. The summed E-state index contributed by atoms with van der Waals surface area (Å²) in [6, 6.07) is 22.8. The van der Waals surface area contributed by atoms with E-state index in [0.29, 0.717) is 24.5 Å². The summed E-state index contributed by atoms with van der Waals surface area (Å²) in [4.78, 5) is 42.1. The molecule has 6 rings (SSSR count). The van der Waals surface area contributed by atoms with Crippen LogP contribution < -0.4 is 0 Å². The zero-order valence-electron chi connectivity index (χ0n) is 21.1. The molecule has 0 atom stereocenters. The Hall–Kier alpha value is -3.84. The van der Waals surface area contributed by atoms with Crippen molar-refractivity contribution >= 4 is 56.6 Å². The van der Waals surface area contributed by atoms with E-state index in [0.717, 1.165) is 58.8 Å². The minimum Gasteiger partial charge on any atom is -0.342 e. The van der Waals surface area contributed by atoms with Crippen LogP contribution in [0.15, 0.2) is 77.8 Å². The molecule has 4 aromatic rings. The number of amides is 3. The quantitative estimate of drug-likeness (QED) is 0.289. The fraction of sp³-hybridized carbons (Fsp3) is 0.258. The average Bonchev–Trinajstić information content (AvgIpc) is 3.24. The molecule has 0 saturated carbocycles. The van der Waals surface area contributed by atoms with Crippen LogP contribution in [0.25, 0.3) is 27.8 Å². The van der Waals surface area contributed by atoms with Crippen LogP contribution in [0.4, 0.5) is 4.79 Å². The van der Waals surface area contributed by atoms with E-state index in [9.17, 15) is 14.4 Å². The van der Waals surface area contributed by atoms with Crippen LogP contribution in [-0.4, -0.2) is 51.1 Å². The van der Waals surface area contributed by atoms with Gasteiger partial charge in [0.15, 0.2) is 0 Å². The van der Waals surface area contributed by atoms with Gasteiger partial charge < -0.3 is 9.47 Å². The number of fused-ring (bicyclic) bond motifs is 2. The molecule has 2 fully saturated rings. The maximum absolute atomic E-state index is 13.2. The van der Waals surface area contributed by atoms with Gasteiger partial charge in [-0.1, -0.05) is 73.5 Å². The SMILES string of the molecule is O=C(CN1C(=O)SC(=Cc2cn(Cc3cccc4ccccc34)c3ccccc23)C1=O)N1CCCCCC1. The first kappa shape index (κ1) is 24.5. The standard InChI is InChI=1S/C31H29N3O3S/c35-29(32-16-7-1-2-8-17-32)21-34-30(36)28(38-31(34)37)18-24-20-33(27-15-6-5-14-26(24)27)19-23-12-9-11-22-10-3-4-13-25(22)23/h3-6,9-15,18,20H,1-2,7-8,16-17,19,21H2. The van der Waals surface area contributed by atoms with Crippen LogP contribution in [0.3, 0.4) is 0 Å². The summed E-state index contributed by atoms with van der Waals surface area (Å²) in [5, 5.41) is 3.04. The summed E-state index contributed by atoms with van der Waals surface area (Å²) in [5.74, 6) is -0.545. The predicted octanol–water partition coefficient (Wildman–Crippen LogP) is 6.28. The normalized spacial score (nSPS) is 17.6. The van der Waals surface area contributed by atoms with E-state index in [2.05, 4.69) is 47.0 Å². The maximum Gasteiger partial charge on any atom is 0.294 e. The summed E-state index contributed by atoms with van der Waals surface area (Å²) >= 11 is 0.912. The van der Waals surface area contributed by atoms with Gasteiger partial charge in [-0.25, -0.2) is 0 Å². The number of imide groups is 1. The van der Waals surface area contributed by atoms with E-state index in [-0.39, 0.29) is 17.7 Å². The molecule has 192 valence electrons. The molecule has 0 unspecified atom stereocenters. The molecule has 2 aliphatic heterocycles. The van der Waals surface area contributed by atoms with Crippen molar-refractivity contribution in [2.24, 2.45) is 0 Å². The number of carbonyl (C=O) groups is 3. The van der Waals surface area contributed by atoms with Gasteiger partial charge in [0.25, 0.3) is 11.1 Å². The van der Waals surface area contributed by atoms with Crippen molar-refractivity contribution in [2.75, 3.05) is 19.6 Å². The molecule has 2 saturated heterocycles. The van der Waals surface area contributed by atoms with Gasteiger partial charge in [0, 0.05) is 42.3 Å². The molecule has 0 bridgehead atoms. The molecule has 3 heterocycles. The van der Waals surface area contributed by atoms with Crippen LogP contribution in [0.5, 0.6) is 0 Å². The van der Waals surface area contributed by atoms with Crippen molar-refractivity contribution < 1.29 is 14.4 Å². The third-order valence-corrected chi connectivity index (χ3v) is 8.36. The molecule has 0 N–H and O–H groups in total. The highest BCUT2D eigenvalue weighted by Gasteiger charge is 2.37. The van der Waals surface area contributed by atoms with Gasteiger partial charge in [-0.3, -0.25) is 19.3 Å². The number of likely N-dealkylation sites (tertiary alicyclic amines) is 1. The number of rotatable bonds is 5. The van der Waals surface area contributed by atoms with Gasteiger partial charge in [0.05, 0.1) is 4.91 Å². The number of aromatic nitrogens is 1. The first-order valence-electron chi connectivity index (χ1n) is 13.2. The Kier molecular flexibility index (Phi) is 6.77. The zero-order valence-corrected chi connectivity index (χ0v) is 22.0. The van der Waals surface area contributed by atoms with Gasteiger partial charge in [-0.05, 0) is 53.1 Å². The Bertz CT molecular complexity index is 1570. The van der Waals surface area contributed by atoms with Crippen molar-refractivity contribution in [3.05, 3.63) is 89.0 Å². The maximum atomic E-state index is 13.2. The highest BCUT2D eigenvalue weighted by atomic mass is 32.2. The third kappa shape index (κ3) is 4.74. The number of nitrogens with zero attached hydrogens (tertiary/aromatic N) is 3. The fourth-order valence-electron chi connectivity index (χ4n) is 5.47. The molecule has 6 nitrogen and oxygen atoms in total. The van der Waals surface area contributed by atoms with E-state index >= 15 is 0 Å². The lowest BCUT2D eigenvalue weighted by molar-refractivity contribution is -0.135. The zero-order chi connectivity index (χ0) is 26.1. The predicted molar refractivity (Wildman–Crippen MR) is 153 cm³/mol. The number of hydrogen-bond acceptors (Lipinski definition) is 4. The highest BCUT2D eigenvalue weighted by molar-refractivity contribution is 8.18. The molecule has 3 aromatic carbocycles. The molecule has 0 aliphatic carbocycles. The fourth-order valence-corrected chi connectivity index (χ4v) is 6.30. The monoisotopic (exact) mass is 523 g/mol. The number of thioether (sulfide) groups is 1. The number of carbonyl (C=O) groups excluding carboxylic acids is 3. The van der Waals surface area contributed by atoms with Crippen LogP contribution >= 0.6 is 11.8 Å². The summed E-state index contributed by atoms with van der Waals surface area (Å²) in [7, 11) is 0. The first-order chi connectivity index (χ1) is 18.6. The Morgan fingerprint density at radius 3 is 2.37 bits per heavy atom. The van der Waals surface area contributed by atoms with Crippen molar-refractivity contribution in [3.63, 3.8) is 0 Å².